The van der Waals surface area contributed by atoms with Crippen molar-refractivity contribution in [1.29, 1.82) is 0 Å². The molecule has 0 atom stereocenters. The molecule has 0 fully saturated rings. The predicted octanol–water partition coefficient (Wildman–Crippen LogP) is 0.810. The molecule has 0 saturated heterocycles. The van der Waals surface area contributed by atoms with Gasteiger partial charge in [-0.15, -0.1) is 11.3 Å². The first kappa shape index (κ1) is 22.8. The van der Waals surface area contributed by atoms with Gasteiger partial charge in [-0.3, -0.25) is 10.1 Å². The van der Waals surface area contributed by atoms with E-state index in [1.165, 1.54) is 72.4 Å². The van der Waals surface area contributed by atoms with Gasteiger partial charge >= 0.3 is 0 Å². The Hall–Kier alpha value is -1.90. The third-order valence-corrected chi connectivity index (χ3v) is 9.31. The molecule has 0 saturated carbocycles. The van der Waals surface area contributed by atoms with Crippen molar-refractivity contribution >= 4 is 42.6 Å². The minimum absolute atomic E-state index is 0.0935. The Morgan fingerprint density at radius 1 is 1.07 bits per heavy atom. The first-order chi connectivity index (χ1) is 13.9. The molecule has 0 aliphatic carbocycles. The Morgan fingerprint density at radius 3 is 2.27 bits per heavy atom. The summed E-state index contributed by atoms with van der Waals surface area (Å²) in [5.41, 5.74) is 1.06. The number of carbonyl (C=O) groups excluding carboxylic acids is 1. The van der Waals surface area contributed by atoms with Crippen molar-refractivity contribution in [1.82, 2.24) is 17.9 Å². The van der Waals surface area contributed by atoms with E-state index in [4.69, 9.17) is 0 Å². The quantitative estimate of drug-likeness (QED) is 0.663. The Kier molecular flexibility index (Phi) is 6.32. The molecule has 30 heavy (non-hydrogen) atoms. The van der Waals surface area contributed by atoms with Crippen LogP contribution in [0, 0.1) is 0 Å². The van der Waals surface area contributed by atoms with Gasteiger partial charge in [0.05, 0.1) is 17.1 Å². The highest BCUT2D eigenvalue weighted by molar-refractivity contribution is 7.89. The minimum atomic E-state index is -3.57. The van der Waals surface area contributed by atoms with Gasteiger partial charge in [-0.25, -0.2) is 17.7 Å². The predicted molar refractivity (Wildman–Crippen MR) is 114 cm³/mol. The highest BCUT2D eigenvalue weighted by atomic mass is 32.2. The number of nitrogens with one attached hydrogen (secondary N) is 1. The van der Waals surface area contributed by atoms with Gasteiger partial charge in [0.25, 0.3) is 16.1 Å². The zero-order valence-corrected chi connectivity index (χ0v) is 19.4. The number of hydrogen-bond donors (Lipinski definition) is 1. The Bertz CT molecular complexity index is 1150. The van der Waals surface area contributed by atoms with Gasteiger partial charge in [-0.1, -0.05) is 0 Å². The van der Waals surface area contributed by atoms with E-state index in [-0.39, 0.29) is 17.0 Å². The van der Waals surface area contributed by atoms with Gasteiger partial charge in [0, 0.05) is 51.6 Å². The van der Waals surface area contributed by atoms with E-state index in [0.29, 0.717) is 18.1 Å². The van der Waals surface area contributed by atoms with Crippen LogP contribution in [0.2, 0.25) is 0 Å². The van der Waals surface area contributed by atoms with E-state index in [0.717, 1.165) is 14.9 Å². The summed E-state index contributed by atoms with van der Waals surface area (Å²) in [6, 6.07) is 5.62. The normalized spacial score (nSPS) is 15.4. The van der Waals surface area contributed by atoms with Gasteiger partial charge < -0.3 is 0 Å². The lowest BCUT2D eigenvalue weighted by Gasteiger charge is -2.27. The van der Waals surface area contributed by atoms with Crippen molar-refractivity contribution in [2.24, 2.45) is 0 Å². The molecule has 13 heteroatoms. The number of thiazole rings is 1. The third kappa shape index (κ3) is 4.40. The van der Waals surface area contributed by atoms with Crippen LogP contribution in [0.3, 0.4) is 0 Å². The van der Waals surface area contributed by atoms with Gasteiger partial charge in [0.2, 0.25) is 10.0 Å². The second-order valence-electron chi connectivity index (χ2n) is 7.03. The molecule has 164 valence electrons. The van der Waals surface area contributed by atoms with Crippen LogP contribution in [0.1, 0.15) is 20.9 Å². The lowest BCUT2D eigenvalue weighted by atomic mass is 10.2. The number of carbonyl (C=O) groups is 1. The van der Waals surface area contributed by atoms with Crippen LogP contribution < -0.4 is 5.32 Å². The Labute approximate surface area is 180 Å². The van der Waals surface area contributed by atoms with Crippen LogP contribution >= 0.6 is 11.3 Å². The molecule has 1 N–H and O–H groups in total. The van der Waals surface area contributed by atoms with Crippen molar-refractivity contribution in [3.63, 3.8) is 0 Å². The summed E-state index contributed by atoms with van der Waals surface area (Å²) in [6.45, 7) is 0.535. The number of aromatic nitrogens is 1. The monoisotopic (exact) mass is 473 g/mol. The summed E-state index contributed by atoms with van der Waals surface area (Å²) in [7, 11) is -1.25. The number of sulfonamides is 1. The van der Waals surface area contributed by atoms with Crippen LogP contribution in [0.25, 0.3) is 0 Å². The lowest BCUT2D eigenvalue weighted by Crippen LogP contribution is -2.42. The van der Waals surface area contributed by atoms with Crippen LogP contribution in [0.15, 0.2) is 29.2 Å². The molecule has 0 bridgehead atoms. The van der Waals surface area contributed by atoms with E-state index in [1.807, 2.05) is 0 Å². The van der Waals surface area contributed by atoms with E-state index in [2.05, 4.69) is 10.3 Å². The molecule has 3 rings (SSSR count). The highest BCUT2D eigenvalue weighted by Crippen LogP contribution is 2.30. The second-order valence-corrected chi connectivity index (χ2v) is 12.4. The Morgan fingerprint density at radius 2 is 1.70 bits per heavy atom. The van der Waals surface area contributed by atoms with Crippen molar-refractivity contribution in [3.05, 3.63) is 40.4 Å². The topological polar surface area (TPSA) is 120 Å². The maximum atomic E-state index is 12.5. The molecule has 10 nitrogen and oxygen atoms in total. The maximum absolute atomic E-state index is 12.5. The first-order valence-electron chi connectivity index (χ1n) is 8.93. The average molecular weight is 474 g/mol. The molecule has 1 aromatic carbocycles. The smallest absolute Gasteiger partial charge is 0.281 e. The molecule has 1 aliphatic heterocycles. The molecule has 0 spiro atoms. The summed E-state index contributed by atoms with van der Waals surface area (Å²) < 4.78 is 52.5. The van der Waals surface area contributed by atoms with E-state index < -0.39 is 26.1 Å². The van der Waals surface area contributed by atoms with E-state index >= 15 is 0 Å². The maximum Gasteiger partial charge on any atom is 0.281 e. The molecule has 1 aromatic heterocycles. The summed E-state index contributed by atoms with van der Waals surface area (Å²) in [5.74, 6) is -0.423. The number of rotatable bonds is 6. The summed E-state index contributed by atoms with van der Waals surface area (Å²) >= 11 is 1.23. The van der Waals surface area contributed by atoms with Crippen molar-refractivity contribution < 1.29 is 21.6 Å². The number of nitrogens with zero attached hydrogens (tertiary/aromatic N) is 4. The molecule has 0 unspecified atom stereocenters. The number of fused-ring (bicyclic) bond motifs is 1. The van der Waals surface area contributed by atoms with Crippen molar-refractivity contribution in [3.8, 4) is 0 Å². The largest absolute Gasteiger partial charge is 0.298 e. The molecule has 1 aliphatic rings. The molecule has 2 aromatic rings. The van der Waals surface area contributed by atoms with Crippen LogP contribution in [-0.2, 0) is 33.2 Å². The summed E-state index contributed by atoms with van der Waals surface area (Å²) in [6.07, 6.45) is 0.464. The van der Waals surface area contributed by atoms with Gasteiger partial charge in [0.15, 0.2) is 5.13 Å². The molecule has 0 radical (unpaired) electrons. The number of amides is 1. The van der Waals surface area contributed by atoms with Crippen molar-refractivity contribution in [2.45, 2.75) is 17.9 Å². The highest BCUT2D eigenvalue weighted by Gasteiger charge is 2.30. The van der Waals surface area contributed by atoms with Gasteiger partial charge in [0.1, 0.15) is 0 Å². The molecular formula is C17H23N5O5S3. The first-order valence-corrected chi connectivity index (χ1v) is 12.6. The number of hydrogen-bond acceptors (Lipinski definition) is 7. The lowest BCUT2D eigenvalue weighted by molar-refractivity contribution is 0.102. The number of benzene rings is 1. The zero-order valence-electron chi connectivity index (χ0n) is 17.0. The molecular weight excluding hydrogens is 450 g/mol. The second kappa shape index (κ2) is 8.32. The Balaban J connectivity index is 1.73. The zero-order chi connectivity index (χ0) is 22.3. The molecule has 1 amide bonds. The van der Waals surface area contributed by atoms with E-state index in [1.54, 1.807) is 0 Å². The fraction of sp³-hybridized carbons (Fsp3) is 0.412. The average Bonchev–Trinajstić information content (AvgIpc) is 3.09. The van der Waals surface area contributed by atoms with Gasteiger partial charge in [-0.2, -0.15) is 17.0 Å². The minimum Gasteiger partial charge on any atom is -0.298 e. The summed E-state index contributed by atoms with van der Waals surface area (Å²) in [4.78, 5) is 17.8. The SMILES string of the molecule is CN(C)S(=O)(=O)c1ccc(C(=O)Nc2nc3c(s2)CN(S(=O)(=O)N(C)C)CC3)cc1. The summed E-state index contributed by atoms with van der Waals surface area (Å²) in [5, 5.41) is 3.08. The fourth-order valence-electron chi connectivity index (χ4n) is 2.81. The number of anilines is 1. The third-order valence-electron chi connectivity index (χ3n) is 4.60. The standard InChI is InChI=1S/C17H23N5O5S3/c1-20(2)29(24,25)13-7-5-12(6-8-13)16(23)19-17-18-14-9-10-22(11-15(14)28-17)30(26,27)21(3)4/h5-8H,9-11H2,1-4H3,(H,18,19,23). The van der Waals surface area contributed by atoms with E-state index in [9.17, 15) is 21.6 Å². The van der Waals surface area contributed by atoms with Crippen molar-refractivity contribution in [2.75, 3.05) is 40.1 Å². The fourth-order valence-corrected chi connectivity index (χ4v) is 5.89. The molecule has 2 heterocycles. The van der Waals surface area contributed by atoms with Gasteiger partial charge in [-0.05, 0) is 24.3 Å². The van der Waals surface area contributed by atoms with Crippen LogP contribution in [0.5, 0.6) is 0 Å². The van der Waals surface area contributed by atoms with Crippen LogP contribution in [-0.4, -0.2) is 75.4 Å². The van der Waals surface area contributed by atoms with Crippen LogP contribution in [0.4, 0.5) is 5.13 Å².